The van der Waals surface area contributed by atoms with Crippen LogP contribution in [-0.2, 0) is 14.3 Å². The molecule has 0 aliphatic carbocycles. The summed E-state index contributed by atoms with van der Waals surface area (Å²) in [5.41, 5.74) is -0.604. The van der Waals surface area contributed by atoms with Gasteiger partial charge < -0.3 is 9.47 Å². The molecule has 1 saturated heterocycles. The first-order chi connectivity index (χ1) is 5.75. The van der Waals surface area contributed by atoms with E-state index in [4.69, 9.17) is 9.47 Å². The van der Waals surface area contributed by atoms with Crippen molar-refractivity contribution in [1.82, 2.24) is 5.32 Å². The molecule has 0 saturated carbocycles. The number of morpholine rings is 1. The predicted molar refractivity (Wildman–Crippen MR) is 43.9 cm³/mol. The summed E-state index contributed by atoms with van der Waals surface area (Å²) in [6.07, 6.45) is 0.694. The number of carbonyl (C=O) groups is 1. The molecule has 70 valence electrons. The average Bonchev–Trinajstić information content (AvgIpc) is 2.17. The van der Waals surface area contributed by atoms with Crippen molar-refractivity contribution >= 4 is 5.97 Å². The van der Waals surface area contributed by atoms with Gasteiger partial charge in [-0.1, -0.05) is 6.92 Å². The second-order valence-corrected chi connectivity index (χ2v) is 2.91. The van der Waals surface area contributed by atoms with Gasteiger partial charge >= 0.3 is 5.97 Å². The molecular formula is C8H15NO3. The quantitative estimate of drug-likeness (QED) is 0.594. The molecule has 1 aliphatic heterocycles. The Kier molecular flexibility index (Phi) is 3.05. The third kappa shape index (κ3) is 1.59. The molecule has 0 amide bonds. The van der Waals surface area contributed by atoms with E-state index in [1.54, 1.807) is 0 Å². The molecule has 0 aromatic rings. The highest BCUT2D eigenvalue weighted by Gasteiger charge is 2.39. The van der Waals surface area contributed by atoms with Crippen LogP contribution in [0.1, 0.15) is 13.3 Å². The van der Waals surface area contributed by atoms with Crippen molar-refractivity contribution in [3.8, 4) is 0 Å². The van der Waals surface area contributed by atoms with Crippen LogP contribution in [0.4, 0.5) is 0 Å². The third-order valence-electron chi connectivity index (χ3n) is 2.24. The Morgan fingerprint density at radius 3 is 2.92 bits per heavy atom. The van der Waals surface area contributed by atoms with Crippen LogP contribution in [0.25, 0.3) is 0 Å². The van der Waals surface area contributed by atoms with Crippen molar-refractivity contribution in [3.05, 3.63) is 0 Å². The Morgan fingerprint density at radius 1 is 1.75 bits per heavy atom. The fourth-order valence-corrected chi connectivity index (χ4v) is 1.36. The van der Waals surface area contributed by atoms with Gasteiger partial charge in [-0.05, 0) is 6.42 Å². The topological polar surface area (TPSA) is 47.6 Å². The van der Waals surface area contributed by atoms with Gasteiger partial charge in [0.15, 0.2) is 0 Å². The van der Waals surface area contributed by atoms with E-state index in [1.807, 2.05) is 6.92 Å². The van der Waals surface area contributed by atoms with E-state index in [1.165, 1.54) is 7.11 Å². The molecule has 4 nitrogen and oxygen atoms in total. The van der Waals surface area contributed by atoms with Crippen molar-refractivity contribution in [2.45, 2.75) is 18.9 Å². The fraction of sp³-hybridized carbons (Fsp3) is 0.875. The lowest BCUT2D eigenvalue weighted by Crippen LogP contribution is -2.59. The van der Waals surface area contributed by atoms with Gasteiger partial charge in [0.25, 0.3) is 0 Å². The molecule has 0 bridgehead atoms. The van der Waals surface area contributed by atoms with Gasteiger partial charge in [0.1, 0.15) is 5.54 Å². The Morgan fingerprint density at radius 2 is 2.50 bits per heavy atom. The standard InChI is InChI=1S/C8H15NO3/c1-3-8(7(10)11-2)6-12-5-4-9-8/h9H,3-6H2,1-2H3. The SMILES string of the molecule is CCC1(C(=O)OC)COCCN1. The Balaban J connectivity index is 2.66. The Labute approximate surface area is 72.2 Å². The highest BCUT2D eigenvalue weighted by molar-refractivity contribution is 5.81. The fourth-order valence-electron chi connectivity index (χ4n) is 1.36. The van der Waals surface area contributed by atoms with Crippen molar-refractivity contribution in [2.75, 3.05) is 26.9 Å². The number of esters is 1. The largest absolute Gasteiger partial charge is 0.468 e. The maximum Gasteiger partial charge on any atom is 0.328 e. The summed E-state index contributed by atoms with van der Waals surface area (Å²) in [7, 11) is 1.40. The number of hydrogen-bond acceptors (Lipinski definition) is 4. The molecule has 12 heavy (non-hydrogen) atoms. The van der Waals surface area contributed by atoms with Gasteiger partial charge in [-0.2, -0.15) is 0 Å². The summed E-state index contributed by atoms with van der Waals surface area (Å²) in [4.78, 5) is 11.4. The van der Waals surface area contributed by atoms with Crippen LogP contribution in [0.3, 0.4) is 0 Å². The molecule has 0 radical (unpaired) electrons. The lowest BCUT2D eigenvalue weighted by Gasteiger charge is -2.34. The van der Waals surface area contributed by atoms with Crippen molar-refractivity contribution < 1.29 is 14.3 Å². The second kappa shape index (κ2) is 3.87. The van der Waals surface area contributed by atoms with Crippen molar-refractivity contribution in [3.63, 3.8) is 0 Å². The number of ether oxygens (including phenoxy) is 2. The van der Waals surface area contributed by atoms with E-state index < -0.39 is 5.54 Å². The van der Waals surface area contributed by atoms with Crippen molar-refractivity contribution in [1.29, 1.82) is 0 Å². The lowest BCUT2D eigenvalue weighted by molar-refractivity contribution is -0.154. The van der Waals surface area contributed by atoms with Gasteiger partial charge in [-0.15, -0.1) is 0 Å². The molecule has 0 aromatic carbocycles. The van der Waals surface area contributed by atoms with Gasteiger partial charge in [-0.25, -0.2) is 4.79 Å². The summed E-state index contributed by atoms with van der Waals surface area (Å²) in [6, 6.07) is 0. The summed E-state index contributed by atoms with van der Waals surface area (Å²) in [6.45, 7) is 3.73. The first kappa shape index (κ1) is 9.48. The van der Waals surface area contributed by atoms with E-state index in [2.05, 4.69) is 5.32 Å². The zero-order chi connectivity index (χ0) is 9.03. The zero-order valence-electron chi connectivity index (χ0n) is 7.55. The summed E-state index contributed by atoms with van der Waals surface area (Å²) in [5.74, 6) is -0.232. The first-order valence-corrected chi connectivity index (χ1v) is 4.16. The Bertz CT molecular complexity index is 164. The normalized spacial score (nSPS) is 29.8. The number of nitrogens with one attached hydrogen (secondary N) is 1. The summed E-state index contributed by atoms with van der Waals surface area (Å²) >= 11 is 0. The van der Waals surface area contributed by atoms with Crippen LogP contribution in [0.5, 0.6) is 0 Å². The maximum absolute atomic E-state index is 11.4. The molecule has 1 aliphatic rings. The number of hydrogen-bond donors (Lipinski definition) is 1. The smallest absolute Gasteiger partial charge is 0.328 e. The van der Waals surface area contributed by atoms with E-state index in [-0.39, 0.29) is 5.97 Å². The van der Waals surface area contributed by atoms with Crippen molar-refractivity contribution in [2.24, 2.45) is 0 Å². The van der Waals surface area contributed by atoms with Crippen LogP contribution in [0.15, 0.2) is 0 Å². The predicted octanol–water partition coefficient (Wildman–Crippen LogP) is -0.0720. The van der Waals surface area contributed by atoms with Crippen LogP contribution < -0.4 is 5.32 Å². The lowest BCUT2D eigenvalue weighted by atomic mass is 9.96. The molecule has 1 unspecified atom stereocenters. The van der Waals surface area contributed by atoms with E-state index >= 15 is 0 Å². The Hall–Kier alpha value is -0.610. The average molecular weight is 173 g/mol. The highest BCUT2D eigenvalue weighted by Crippen LogP contribution is 2.15. The molecule has 1 atom stereocenters. The minimum absolute atomic E-state index is 0.232. The minimum atomic E-state index is -0.604. The molecule has 1 rings (SSSR count). The molecule has 0 spiro atoms. The number of rotatable bonds is 2. The second-order valence-electron chi connectivity index (χ2n) is 2.91. The molecule has 1 fully saturated rings. The van der Waals surface area contributed by atoms with Crippen LogP contribution in [0.2, 0.25) is 0 Å². The molecule has 1 heterocycles. The van der Waals surface area contributed by atoms with E-state index in [0.717, 1.165) is 0 Å². The van der Waals surface area contributed by atoms with Gasteiger partial charge in [0, 0.05) is 6.54 Å². The highest BCUT2D eigenvalue weighted by atomic mass is 16.5. The van der Waals surface area contributed by atoms with E-state index in [0.29, 0.717) is 26.2 Å². The monoisotopic (exact) mass is 173 g/mol. The molecular weight excluding hydrogens is 158 g/mol. The minimum Gasteiger partial charge on any atom is -0.468 e. The van der Waals surface area contributed by atoms with Crippen LogP contribution >= 0.6 is 0 Å². The summed E-state index contributed by atoms with van der Waals surface area (Å²) < 4.78 is 9.94. The maximum atomic E-state index is 11.4. The number of carbonyl (C=O) groups excluding carboxylic acids is 1. The van der Waals surface area contributed by atoms with Gasteiger partial charge in [0.05, 0.1) is 20.3 Å². The molecule has 4 heteroatoms. The molecule has 1 N–H and O–H groups in total. The summed E-state index contributed by atoms with van der Waals surface area (Å²) in [5, 5.41) is 3.13. The van der Waals surface area contributed by atoms with Crippen LogP contribution in [-0.4, -0.2) is 38.4 Å². The van der Waals surface area contributed by atoms with Crippen LogP contribution in [0, 0.1) is 0 Å². The van der Waals surface area contributed by atoms with Gasteiger partial charge in [0.2, 0.25) is 0 Å². The number of methoxy groups -OCH3 is 1. The molecule has 0 aromatic heterocycles. The van der Waals surface area contributed by atoms with E-state index in [9.17, 15) is 4.79 Å². The third-order valence-corrected chi connectivity index (χ3v) is 2.24. The zero-order valence-corrected chi connectivity index (χ0v) is 7.55. The van der Waals surface area contributed by atoms with Gasteiger partial charge in [-0.3, -0.25) is 5.32 Å². The first-order valence-electron chi connectivity index (χ1n) is 4.16.